The quantitative estimate of drug-likeness (QED) is 0.738. The fourth-order valence-corrected chi connectivity index (χ4v) is 2.87. The van der Waals surface area contributed by atoms with Gasteiger partial charge in [0.05, 0.1) is 12.7 Å². The molecule has 4 atom stereocenters. The fourth-order valence-electron chi connectivity index (χ4n) is 2.37. The second-order valence-electron chi connectivity index (χ2n) is 4.68. The predicted molar refractivity (Wildman–Crippen MR) is 65.5 cm³/mol. The van der Waals surface area contributed by atoms with Crippen LogP contribution in [0.2, 0.25) is 0 Å². The minimum Gasteiger partial charge on any atom is -0.375 e. The van der Waals surface area contributed by atoms with Gasteiger partial charge in [-0.3, -0.25) is 0 Å². The van der Waals surface area contributed by atoms with Crippen LogP contribution in [-0.4, -0.2) is 30.7 Å². The Morgan fingerprint density at radius 1 is 1.53 bits per heavy atom. The van der Waals surface area contributed by atoms with Crippen molar-refractivity contribution in [2.24, 2.45) is 5.92 Å². The molecule has 0 bridgehead atoms. The molecule has 1 aliphatic heterocycles. The van der Waals surface area contributed by atoms with Crippen LogP contribution in [0.4, 0.5) is 0 Å². The summed E-state index contributed by atoms with van der Waals surface area (Å²) in [7, 11) is 0. The molecule has 3 heteroatoms. The van der Waals surface area contributed by atoms with Crippen molar-refractivity contribution in [3.05, 3.63) is 0 Å². The van der Waals surface area contributed by atoms with Gasteiger partial charge in [-0.05, 0) is 25.7 Å². The molecule has 1 saturated heterocycles. The molecule has 0 saturated carbocycles. The molecule has 1 aliphatic rings. The van der Waals surface area contributed by atoms with E-state index in [0.717, 1.165) is 26.0 Å². The largest absolute Gasteiger partial charge is 0.375 e. The van der Waals surface area contributed by atoms with E-state index in [4.69, 9.17) is 16.3 Å². The maximum Gasteiger partial charge on any atom is 0.0751 e. The van der Waals surface area contributed by atoms with Crippen LogP contribution in [-0.2, 0) is 4.74 Å². The first-order valence-electron chi connectivity index (χ1n) is 6.14. The molecule has 1 heterocycles. The van der Waals surface area contributed by atoms with Gasteiger partial charge in [-0.15, -0.1) is 11.6 Å². The van der Waals surface area contributed by atoms with Crippen molar-refractivity contribution in [3.8, 4) is 0 Å². The summed E-state index contributed by atoms with van der Waals surface area (Å²) < 4.78 is 5.81. The smallest absolute Gasteiger partial charge is 0.0751 e. The second kappa shape index (κ2) is 6.72. The minimum absolute atomic E-state index is 0.308. The van der Waals surface area contributed by atoms with E-state index in [1.165, 1.54) is 6.42 Å². The number of hydrogen-bond donors (Lipinski definition) is 1. The van der Waals surface area contributed by atoms with Crippen LogP contribution in [0.25, 0.3) is 0 Å². The molecule has 0 aromatic heterocycles. The number of halogens is 1. The second-order valence-corrected chi connectivity index (χ2v) is 5.29. The fraction of sp³-hybridized carbons (Fsp3) is 1.00. The van der Waals surface area contributed by atoms with Crippen LogP contribution in [0, 0.1) is 5.92 Å². The van der Waals surface area contributed by atoms with Gasteiger partial charge in [0.25, 0.3) is 0 Å². The molecule has 0 amide bonds. The highest BCUT2D eigenvalue weighted by molar-refractivity contribution is 6.20. The van der Waals surface area contributed by atoms with Gasteiger partial charge in [-0.1, -0.05) is 20.3 Å². The topological polar surface area (TPSA) is 21.3 Å². The van der Waals surface area contributed by atoms with Crippen molar-refractivity contribution < 1.29 is 4.74 Å². The summed E-state index contributed by atoms with van der Waals surface area (Å²) in [5.41, 5.74) is 0. The Morgan fingerprint density at radius 3 is 2.87 bits per heavy atom. The summed E-state index contributed by atoms with van der Waals surface area (Å²) in [6.07, 6.45) is 3.67. The highest BCUT2D eigenvalue weighted by Crippen LogP contribution is 2.23. The number of nitrogens with one attached hydrogen (secondary N) is 1. The van der Waals surface area contributed by atoms with Gasteiger partial charge in [0.15, 0.2) is 0 Å². The van der Waals surface area contributed by atoms with Gasteiger partial charge < -0.3 is 10.1 Å². The van der Waals surface area contributed by atoms with Gasteiger partial charge >= 0.3 is 0 Å². The van der Waals surface area contributed by atoms with Crippen LogP contribution in [0.3, 0.4) is 0 Å². The average Bonchev–Trinajstić information content (AvgIpc) is 2.18. The van der Waals surface area contributed by atoms with E-state index >= 15 is 0 Å². The summed E-state index contributed by atoms with van der Waals surface area (Å²) in [5.74, 6) is 0.543. The van der Waals surface area contributed by atoms with Crippen molar-refractivity contribution in [2.45, 2.75) is 57.6 Å². The third-order valence-electron chi connectivity index (χ3n) is 3.16. The highest BCUT2D eigenvalue weighted by Gasteiger charge is 2.28. The lowest BCUT2D eigenvalue weighted by Gasteiger charge is -2.35. The first-order chi connectivity index (χ1) is 7.15. The van der Waals surface area contributed by atoms with Gasteiger partial charge in [0.1, 0.15) is 0 Å². The lowest BCUT2D eigenvalue weighted by molar-refractivity contribution is -0.0324. The van der Waals surface area contributed by atoms with E-state index in [1.807, 2.05) is 0 Å². The van der Waals surface area contributed by atoms with E-state index < -0.39 is 0 Å². The summed E-state index contributed by atoms with van der Waals surface area (Å²) in [6.45, 7) is 8.44. The Hall–Kier alpha value is 0.210. The number of hydrogen-bond acceptors (Lipinski definition) is 2. The predicted octanol–water partition coefficient (Wildman–Crippen LogP) is 2.80. The minimum atomic E-state index is 0.308. The van der Waals surface area contributed by atoms with Crippen molar-refractivity contribution in [1.82, 2.24) is 5.32 Å². The zero-order chi connectivity index (χ0) is 11.3. The van der Waals surface area contributed by atoms with Crippen molar-refractivity contribution >= 4 is 11.6 Å². The lowest BCUT2D eigenvalue weighted by Crippen LogP contribution is -2.49. The van der Waals surface area contributed by atoms with Crippen LogP contribution in [0.15, 0.2) is 0 Å². The number of alkyl halides is 1. The van der Waals surface area contributed by atoms with Gasteiger partial charge in [-0.25, -0.2) is 0 Å². The zero-order valence-corrected chi connectivity index (χ0v) is 10.9. The normalized spacial score (nSPS) is 31.2. The maximum absolute atomic E-state index is 6.27. The molecule has 1 rings (SSSR count). The summed E-state index contributed by atoms with van der Waals surface area (Å²) in [4.78, 5) is 0. The maximum atomic E-state index is 6.27. The van der Waals surface area contributed by atoms with E-state index in [1.54, 1.807) is 0 Å². The molecule has 0 aromatic carbocycles. The van der Waals surface area contributed by atoms with Gasteiger partial charge in [-0.2, -0.15) is 0 Å². The Balaban J connectivity index is 2.34. The standard InChI is InChI=1S/C12H24ClNO/c1-4-5-11(13)8-9(2)12-10(3)14-6-7-15-12/h9-12,14H,4-8H2,1-3H3/t9?,10-,11?,12?/m1/s1. The molecule has 15 heavy (non-hydrogen) atoms. The van der Waals surface area contributed by atoms with Crippen molar-refractivity contribution in [1.29, 1.82) is 0 Å². The van der Waals surface area contributed by atoms with Crippen LogP contribution in [0.1, 0.15) is 40.0 Å². The Kier molecular flexibility index (Phi) is 5.95. The summed E-state index contributed by atoms with van der Waals surface area (Å²) in [6, 6.07) is 0.458. The highest BCUT2D eigenvalue weighted by atomic mass is 35.5. The third-order valence-corrected chi connectivity index (χ3v) is 3.56. The van der Waals surface area contributed by atoms with Crippen molar-refractivity contribution in [3.63, 3.8) is 0 Å². The zero-order valence-electron chi connectivity index (χ0n) is 10.1. The van der Waals surface area contributed by atoms with Crippen LogP contribution in [0.5, 0.6) is 0 Å². The molecule has 0 aromatic rings. The molecule has 1 fully saturated rings. The molecule has 3 unspecified atom stereocenters. The number of rotatable bonds is 5. The number of morpholine rings is 1. The first-order valence-corrected chi connectivity index (χ1v) is 6.57. The molecule has 1 N–H and O–H groups in total. The summed E-state index contributed by atoms with van der Waals surface area (Å²) in [5, 5.41) is 3.76. The monoisotopic (exact) mass is 233 g/mol. The molecule has 0 aliphatic carbocycles. The van der Waals surface area contributed by atoms with Crippen LogP contribution < -0.4 is 5.32 Å². The molecular formula is C12H24ClNO. The van der Waals surface area contributed by atoms with Gasteiger partial charge in [0.2, 0.25) is 0 Å². The molecule has 90 valence electrons. The third kappa shape index (κ3) is 4.29. The lowest BCUT2D eigenvalue weighted by atomic mass is 9.92. The molecular weight excluding hydrogens is 210 g/mol. The Labute approximate surface area is 98.7 Å². The molecule has 0 radical (unpaired) electrons. The van der Waals surface area contributed by atoms with E-state index in [-0.39, 0.29) is 0 Å². The SMILES string of the molecule is CCCC(Cl)CC(C)C1OCCN[C@@H]1C. The molecule has 0 spiro atoms. The van der Waals surface area contributed by atoms with E-state index in [0.29, 0.717) is 23.4 Å². The Bertz CT molecular complexity index is 177. The van der Waals surface area contributed by atoms with Gasteiger partial charge in [0, 0.05) is 18.0 Å². The van der Waals surface area contributed by atoms with Crippen molar-refractivity contribution in [2.75, 3.05) is 13.2 Å². The average molecular weight is 234 g/mol. The number of ether oxygens (including phenoxy) is 1. The first kappa shape index (κ1) is 13.3. The Morgan fingerprint density at radius 2 is 2.27 bits per heavy atom. The molecule has 2 nitrogen and oxygen atoms in total. The van der Waals surface area contributed by atoms with E-state index in [2.05, 4.69) is 26.1 Å². The summed E-state index contributed by atoms with van der Waals surface area (Å²) >= 11 is 6.27. The van der Waals surface area contributed by atoms with Crippen LogP contribution >= 0.6 is 11.6 Å². The van der Waals surface area contributed by atoms with E-state index in [9.17, 15) is 0 Å².